The third-order valence-corrected chi connectivity index (χ3v) is 3.40. The van der Waals surface area contributed by atoms with Gasteiger partial charge in [-0.3, -0.25) is 4.79 Å². The third kappa shape index (κ3) is 4.19. The molecule has 4 heteroatoms. The number of likely N-dealkylation sites (N-methyl/N-ethyl adjacent to an activating group) is 1. The van der Waals surface area contributed by atoms with E-state index >= 15 is 0 Å². The van der Waals surface area contributed by atoms with E-state index in [2.05, 4.69) is 34.7 Å². The largest absolute Gasteiger partial charge is 0.398 e. The van der Waals surface area contributed by atoms with Gasteiger partial charge in [-0.15, -0.1) is 0 Å². The molecule has 0 radical (unpaired) electrons. The van der Waals surface area contributed by atoms with Crippen LogP contribution >= 0.6 is 0 Å². The predicted molar refractivity (Wildman–Crippen MR) is 87.9 cm³/mol. The maximum atomic E-state index is 11.8. The summed E-state index contributed by atoms with van der Waals surface area (Å²) in [7, 11) is 3.00. The Hall–Kier alpha value is -2.62. The highest BCUT2D eigenvalue weighted by molar-refractivity contribution is 6.45. The van der Waals surface area contributed by atoms with Gasteiger partial charge in [-0.05, 0) is 24.0 Å². The van der Waals surface area contributed by atoms with Crippen molar-refractivity contribution >= 4 is 11.6 Å². The van der Waals surface area contributed by atoms with Crippen LogP contribution < -0.4 is 5.32 Å². The molecule has 0 aliphatic rings. The summed E-state index contributed by atoms with van der Waals surface area (Å²) in [5.41, 5.74) is 3.56. The number of hydrogen-bond acceptors (Lipinski definition) is 3. The molecule has 114 valence electrons. The van der Waals surface area contributed by atoms with Gasteiger partial charge in [0.1, 0.15) is 7.11 Å². The van der Waals surface area contributed by atoms with Crippen LogP contribution in [0, 0.1) is 0 Å². The van der Waals surface area contributed by atoms with Crippen LogP contribution in [-0.4, -0.2) is 25.8 Å². The summed E-state index contributed by atoms with van der Waals surface area (Å²) in [5, 5.41) is 6.35. The molecule has 0 unspecified atom stereocenters. The molecule has 4 nitrogen and oxygen atoms in total. The number of aryl methyl sites for hydroxylation is 2. The molecule has 2 aromatic rings. The van der Waals surface area contributed by atoms with Gasteiger partial charge in [0.05, 0.1) is 0 Å². The van der Waals surface area contributed by atoms with E-state index < -0.39 is 0 Å². The van der Waals surface area contributed by atoms with Gasteiger partial charge in [0, 0.05) is 12.6 Å². The van der Waals surface area contributed by atoms with Gasteiger partial charge >= 0.3 is 0 Å². The second-order valence-corrected chi connectivity index (χ2v) is 4.88. The molecule has 0 saturated carbocycles. The first-order valence-electron chi connectivity index (χ1n) is 7.21. The average molecular weight is 296 g/mol. The molecule has 2 aromatic carbocycles. The van der Waals surface area contributed by atoms with Crippen LogP contribution in [0.2, 0.25) is 0 Å². The normalized spacial score (nSPS) is 11.1. The van der Waals surface area contributed by atoms with Crippen LogP contribution in [0.4, 0.5) is 0 Å². The fourth-order valence-corrected chi connectivity index (χ4v) is 2.20. The van der Waals surface area contributed by atoms with Gasteiger partial charge in [0.2, 0.25) is 0 Å². The Kier molecular flexibility index (Phi) is 5.72. The smallest absolute Gasteiger partial charge is 0.273 e. The van der Waals surface area contributed by atoms with E-state index in [0.717, 1.165) is 18.4 Å². The Morgan fingerprint density at radius 3 is 2.14 bits per heavy atom. The zero-order chi connectivity index (χ0) is 15.8. The van der Waals surface area contributed by atoms with Crippen molar-refractivity contribution in [2.45, 2.75) is 12.8 Å². The molecule has 0 saturated heterocycles. The second kappa shape index (κ2) is 7.98. The van der Waals surface area contributed by atoms with Crippen molar-refractivity contribution in [1.29, 1.82) is 0 Å². The van der Waals surface area contributed by atoms with E-state index in [1.807, 2.05) is 30.3 Å². The summed E-state index contributed by atoms with van der Waals surface area (Å²) in [6.45, 7) is 0. The van der Waals surface area contributed by atoms with E-state index in [4.69, 9.17) is 4.84 Å². The first-order chi connectivity index (χ1) is 10.7. The Morgan fingerprint density at radius 2 is 1.59 bits per heavy atom. The first-order valence-corrected chi connectivity index (χ1v) is 7.21. The maximum Gasteiger partial charge on any atom is 0.273 e. The lowest BCUT2D eigenvalue weighted by molar-refractivity contribution is -0.114. The van der Waals surface area contributed by atoms with E-state index in [9.17, 15) is 4.79 Å². The lowest BCUT2D eigenvalue weighted by Gasteiger charge is -2.06. The number of carbonyl (C=O) groups is 1. The molecular formula is C18H20N2O2. The highest BCUT2D eigenvalue weighted by atomic mass is 16.6. The molecule has 0 heterocycles. The Morgan fingerprint density at radius 1 is 1.00 bits per heavy atom. The summed E-state index contributed by atoms with van der Waals surface area (Å²) >= 11 is 0. The molecule has 0 bridgehead atoms. The molecule has 1 amide bonds. The fourth-order valence-electron chi connectivity index (χ4n) is 2.20. The lowest BCUT2D eigenvalue weighted by Crippen LogP contribution is -2.28. The average Bonchev–Trinajstić information content (AvgIpc) is 2.59. The van der Waals surface area contributed by atoms with Gasteiger partial charge in [0.25, 0.3) is 5.91 Å². The summed E-state index contributed by atoms with van der Waals surface area (Å²) in [4.78, 5) is 16.5. The van der Waals surface area contributed by atoms with Gasteiger partial charge in [0.15, 0.2) is 5.71 Å². The van der Waals surface area contributed by atoms with E-state index in [1.165, 1.54) is 18.2 Å². The molecule has 0 spiro atoms. The molecule has 0 aliphatic carbocycles. The third-order valence-electron chi connectivity index (χ3n) is 3.40. The van der Waals surface area contributed by atoms with Crippen molar-refractivity contribution in [3.8, 4) is 0 Å². The van der Waals surface area contributed by atoms with Crippen LogP contribution in [0.5, 0.6) is 0 Å². The number of carbonyl (C=O) groups excluding carboxylic acids is 1. The van der Waals surface area contributed by atoms with E-state index in [0.29, 0.717) is 0 Å². The van der Waals surface area contributed by atoms with Crippen LogP contribution in [0.3, 0.4) is 0 Å². The number of nitrogens with one attached hydrogen (secondary N) is 1. The van der Waals surface area contributed by atoms with Gasteiger partial charge in [-0.2, -0.15) is 0 Å². The SMILES string of the molecule is CNC(=O)/C(=N/OC)c1ccc(CCc2ccccc2)cc1. The molecule has 0 aromatic heterocycles. The summed E-state index contributed by atoms with van der Waals surface area (Å²) < 4.78 is 0. The predicted octanol–water partition coefficient (Wildman–Crippen LogP) is 2.57. The Balaban J connectivity index is 2.06. The van der Waals surface area contributed by atoms with Gasteiger partial charge in [-0.1, -0.05) is 59.8 Å². The van der Waals surface area contributed by atoms with Crippen molar-refractivity contribution in [2.75, 3.05) is 14.2 Å². The quantitative estimate of drug-likeness (QED) is 0.658. The highest BCUT2D eigenvalue weighted by Gasteiger charge is 2.13. The molecule has 2 rings (SSSR count). The number of amides is 1. The minimum atomic E-state index is -0.265. The minimum Gasteiger partial charge on any atom is -0.398 e. The number of benzene rings is 2. The van der Waals surface area contributed by atoms with Crippen molar-refractivity contribution in [1.82, 2.24) is 5.32 Å². The van der Waals surface area contributed by atoms with Crippen LogP contribution in [0.25, 0.3) is 0 Å². The van der Waals surface area contributed by atoms with Crippen LogP contribution in [0.1, 0.15) is 16.7 Å². The van der Waals surface area contributed by atoms with Crippen LogP contribution in [-0.2, 0) is 22.5 Å². The molecular weight excluding hydrogens is 276 g/mol. The Bertz CT molecular complexity index is 634. The number of rotatable bonds is 6. The lowest BCUT2D eigenvalue weighted by atomic mass is 10.0. The molecule has 0 atom stereocenters. The monoisotopic (exact) mass is 296 g/mol. The summed E-state index contributed by atoms with van der Waals surface area (Å²) in [5.74, 6) is -0.265. The first kappa shape index (κ1) is 15.8. The number of hydrogen-bond donors (Lipinski definition) is 1. The van der Waals surface area contributed by atoms with Gasteiger partial charge < -0.3 is 10.2 Å². The molecule has 22 heavy (non-hydrogen) atoms. The maximum absolute atomic E-state index is 11.8. The molecule has 1 N–H and O–H groups in total. The fraction of sp³-hybridized carbons (Fsp3) is 0.222. The molecule has 0 fully saturated rings. The minimum absolute atomic E-state index is 0.265. The van der Waals surface area contributed by atoms with Crippen LogP contribution in [0.15, 0.2) is 59.8 Å². The van der Waals surface area contributed by atoms with Crippen molar-refractivity contribution in [3.63, 3.8) is 0 Å². The van der Waals surface area contributed by atoms with Crippen molar-refractivity contribution in [3.05, 3.63) is 71.3 Å². The zero-order valence-electron chi connectivity index (χ0n) is 12.9. The van der Waals surface area contributed by atoms with Crippen molar-refractivity contribution < 1.29 is 9.63 Å². The number of oxime groups is 1. The standard InChI is InChI=1S/C18H20N2O2/c1-19-18(21)17(20-22-2)16-12-10-15(11-13-16)9-8-14-6-4-3-5-7-14/h3-7,10-13H,8-9H2,1-2H3,(H,19,21)/b20-17+. The van der Waals surface area contributed by atoms with Gasteiger partial charge in [-0.25, -0.2) is 0 Å². The Labute approximate surface area is 130 Å². The van der Waals surface area contributed by atoms with Crippen molar-refractivity contribution in [2.24, 2.45) is 5.16 Å². The van der Waals surface area contributed by atoms with E-state index in [-0.39, 0.29) is 11.6 Å². The zero-order valence-corrected chi connectivity index (χ0v) is 12.9. The number of nitrogens with zero attached hydrogens (tertiary/aromatic N) is 1. The highest BCUT2D eigenvalue weighted by Crippen LogP contribution is 2.10. The molecule has 0 aliphatic heterocycles. The summed E-state index contributed by atoms with van der Waals surface area (Å²) in [6, 6.07) is 18.2. The second-order valence-electron chi connectivity index (χ2n) is 4.88. The van der Waals surface area contributed by atoms with E-state index in [1.54, 1.807) is 7.05 Å². The topological polar surface area (TPSA) is 50.7 Å². The summed E-state index contributed by atoms with van der Waals surface area (Å²) in [6.07, 6.45) is 1.95.